The third kappa shape index (κ3) is 4.99. The van der Waals surface area contributed by atoms with E-state index in [-0.39, 0.29) is 24.1 Å². The Balaban J connectivity index is 2.11. The zero-order chi connectivity index (χ0) is 23.4. The number of non-ortho nitro benzene ring substituents is 1. The maximum atomic E-state index is 13.2. The number of nitrogens with one attached hydrogen (secondary N) is 1. The summed E-state index contributed by atoms with van der Waals surface area (Å²) in [6, 6.07) is 9.71. The first-order valence-corrected chi connectivity index (χ1v) is 10.4. The van der Waals surface area contributed by atoms with Crippen molar-refractivity contribution in [2.75, 3.05) is 19.0 Å². The van der Waals surface area contributed by atoms with Gasteiger partial charge in [-0.2, -0.15) is 0 Å². The Kier molecular flexibility index (Phi) is 6.97. The predicted molar refractivity (Wildman–Crippen MR) is 119 cm³/mol. The average molecular weight is 441 g/mol. The zero-order valence-electron chi connectivity index (χ0n) is 18.3. The van der Waals surface area contributed by atoms with Gasteiger partial charge in [0.15, 0.2) is 0 Å². The molecule has 1 amide bonds. The summed E-state index contributed by atoms with van der Waals surface area (Å²) in [6.45, 7) is 3.40. The molecule has 2 atom stereocenters. The van der Waals surface area contributed by atoms with E-state index in [4.69, 9.17) is 4.74 Å². The number of nitro benzene ring substituents is 1. The Hall–Kier alpha value is -3.62. The number of carbonyl (C=O) groups is 2. The molecular weight excluding hydrogens is 414 g/mol. The lowest BCUT2D eigenvalue weighted by atomic mass is 9.96. The van der Waals surface area contributed by atoms with E-state index in [1.54, 1.807) is 7.11 Å². The molecule has 0 radical (unpaired) electrons. The smallest absolute Gasteiger partial charge is 0.323 e. The van der Waals surface area contributed by atoms with Gasteiger partial charge >= 0.3 is 5.97 Å². The summed E-state index contributed by atoms with van der Waals surface area (Å²) in [4.78, 5) is 36.9. The van der Waals surface area contributed by atoms with E-state index >= 15 is 0 Å². The molecule has 32 heavy (non-hydrogen) atoms. The molecule has 0 aromatic heterocycles. The maximum Gasteiger partial charge on any atom is 0.323 e. The van der Waals surface area contributed by atoms with Crippen molar-refractivity contribution >= 4 is 23.3 Å². The topological polar surface area (TPSA) is 122 Å². The first kappa shape index (κ1) is 23.1. The van der Waals surface area contributed by atoms with Gasteiger partial charge in [0.25, 0.3) is 5.69 Å². The highest BCUT2D eigenvalue weighted by Gasteiger charge is 2.35. The summed E-state index contributed by atoms with van der Waals surface area (Å²) in [7, 11) is 1.58. The van der Waals surface area contributed by atoms with Crippen molar-refractivity contribution in [1.82, 2.24) is 4.90 Å². The van der Waals surface area contributed by atoms with Crippen LogP contribution in [0, 0.1) is 16.0 Å². The van der Waals surface area contributed by atoms with Gasteiger partial charge in [-0.05, 0) is 35.6 Å². The molecule has 0 saturated carbocycles. The zero-order valence-corrected chi connectivity index (χ0v) is 18.3. The van der Waals surface area contributed by atoms with Crippen molar-refractivity contribution < 1.29 is 24.4 Å². The minimum Gasteiger partial charge on any atom is -0.497 e. The van der Waals surface area contributed by atoms with E-state index in [0.717, 1.165) is 5.56 Å². The summed E-state index contributed by atoms with van der Waals surface area (Å²) in [5.41, 5.74) is 2.69. The van der Waals surface area contributed by atoms with Gasteiger partial charge in [-0.15, -0.1) is 0 Å². The normalized spacial score (nSPS) is 16.5. The van der Waals surface area contributed by atoms with E-state index in [9.17, 15) is 24.8 Å². The van der Waals surface area contributed by atoms with E-state index in [1.165, 1.54) is 17.0 Å². The largest absolute Gasteiger partial charge is 0.497 e. The van der Waals surface area contributed by atoms with Crippen molar-refractivity contribution in [3.8, 4) is 5.75 Å². The molecule has 3 rings (SSSR count). The van der Waals surface area contributed by atoms with Gasteiger partial charge in [-0.3, -0.25) is 19.7 Å². The molecule has 2 aromatic rings. The molecule has 9 nitrogen and oxygen atoms in total. The standard InChI is InChI=1S/C23H27N3O6/c1-4-14(2)21-23(29)25(13-20(27)28)12-17-11-18(26(30)31)10-16(22(17)24-21)9-15-5-7-19(32-3)8-6-15/h5-8,10-11,14,21,24H,4,9,12-13H2,1-3H3,(H,27,28)/t14-,21-/m0/s1. The molecule has 9 heteroatoms. The number of carboxylic acid groups (broad SMARTS) is 1. The summed E-state index contributed by atoms with van der Waals surface area (Å²) in [5, 5.41) is 24.2. The molecule has 2 aromatic carbocycles. The van der Waals surface area contributed by atoms with Crippen molar-refractivity contribution in [3.05, 3.63) is 63.2 Å². The second-order valence-electron chi connectivity index (χ2n) is 8.02. The third-order valence-electron chi connectivity index (χ3n) is 5.83. The van der Waals surface area contributed by atoms with Gasteiger partial charge < -0.3 is 20.1 Å². The highest BCUT2D eigenvalue weighted by Crippen LogP contribution is 2.34. The quantitative estimate of drug-likeness (QED) is 0.475. The molecule has 0 spiro atoms. The highest BCUT2D eigenvalue weighted by molar-refractivity contribution is 5.90. The van der Waals surface area contributed by atoms with Gasteiger partial charge in [0.2, 0.25) is 5.91 Å². The maximum absolute atomic E-state index is 13.2. The fourth-order valence-corrected chi connectivity index (χ4v) is 3.88. The number of carbonyl (C=O) groups excluding carboxylic acids is 1. The number of ether oxygens (including phenoxy) is 1. The molecule has 0 bridgehead atoms. The Bertz CT molecular complexity index is 1020. The molecule has 2 N–H and O–H groups in total. The van der Waals surface area contributed by atoms with Gasteiger partial charge in [0.1, 0.15) is 18.3 Å². The van der Waals surface area contributed by atoms with Crippen molar-refractivity contribution in [3.63, 3.8) is 0 Å². The van der Waals surface area contributed by atoms with Gasteiger partial charge in [0.05, 0.1) is 12.0 Å². The first-order valence-electron chi connectivity index (χ1n) is 10.4. The highest BCUT2D eigenvalue weighted by atomic mass is 16.6. The number of carboxylic acids is 1. The van der Waals surface area contributed by atoms with Crippen LogP contribution in [0.2, 0.25) is 0 Å². The van der Waals surface area contributed by atoms with Crippen LogP contribution in [0.5, 0.6) is 5.75 Å². The van der Waals surface area contributed by atoms with Crippen LogP contribution in [-0.2, 0) is 22.6 Å². The van der Waals surface area contributed by atoms with Crippen molar-refractivity contribution in [2.24, 2.45) is 5.92 Å². The monoisotopic (exact) mass is 441 g/mol. The number of methoxy groups -OCH3 is 1. The second kappa shape index (κ2) is 9.67. The van der Waals surface area contributed by atoms with Crippen LogP contribution < -0.4 is 10.1 Å². The number of benzene rings is 2. The lowest BCUT2D eigenvalue weighted by Crippen LogP contribution is -2.45. The molecule has 170 valence electrons. The van der Waals surface area contributed by atoms with Crippen LogP contribution >= 0.6 is 0 Å². The van der Waals surface area contributed by atoms with Crippen molar-refractivity contribution in [1.29, 1.82) is 0 Å². The van der Waals surface area contributed by atoms with Gasteiger partial charge in [0, 0.05) is 29.9 Å². The first-order chi connectivity index (χ1) is 15.2. The Morgan fingerprint density at radius 1 is 1.34 bits per heavy atom. The molecule has 0 fully saturated rings. The van der Waals surface area contributed by atoms with Crippen LogP contribution in [0.15, 0.2) is 36.4 Å². The van der Waals surface area contributed by atoms with E-state index < -0.39 is 23.5 Å². The number of hydrogen-bond acceptors (Lipinski definition) is 6. The number of rotatable bonds is 8. The Morgan fingerprint density at radius 3 is 2.59 bits per heavy atom. The van der Waals surface area contributed by atoms with E-state index in [2.05, 4.69) is 5.32 Å². The van der Waals surface area contributed by atoms with Crippen molar-refractivity contribution in [2.45, 2.75) is 39.3 Å². The Labute approximate surface area is 186 Å². The molecule has 0 unspecified atom stereocenters. The second-order valence-corrected chi connectivity index (χ2v) is 8.02. The number of nitrogens with zero attached hydrogens (tertiary/aromatic N) is 2. The number of hydrogen-bond donors (Lipinski definition) is 2. The molecule has 1 aliphatic rings. The number of aliphatic carboxylic acids is 1. The number of amides is 1. The summed E-state index contributed by atoms with van der Waals surface area (Å²) in [5.74, 6) is -0.810. The van der Waals surface area contributed by atoms with E-state index in [0.29, 0.717) is 35.4 Å². The SMILES string of the molecule is CC[C@H](C)[C@@H]1Nc2c(Cc3ccc(OC)cc3)cc([N+](=O)[O-])cc2CN(CC(=O)O)C1=O. The van der Waals surface area contributed by atoms with Gasteiger partial charge in [-0.1, -0.05) is 32.4 Å². The van der Waals surface area contributed by atoms with Gasteiger partial charge in [-0.25, -0.2) is 0 Å². The van der Waals surface area contributed by atoms with Crippen LogP contribution in [0.4, 0.5) is 11.4 Å². The van der Waals surface area contributed by atoms with Crippen LogP contribution in [0.25, 0.3) is 0 Å². The minimum atomic E-state index is -1.13. The fraction of sp³-hybridized carbons (Fsp3) is 0.391. The predicted octanol–water partition coefficient (Wildman–Crippen LogP) is 3.45. The molecule has 1 heterocycles. The average Bonchev–Trinajstić information content (AvgIpc) is 2.90. The number of anilines is 1. The number of nitro groups is 1. The fourth-order valence-electron chi connectivity index (χ4n) is 3.88. The molecule has 1 aliphatic heterocycles. The lowest BCUT2D eigenvalue weighted by molar-refractivity contribution is -0.385. The van der Waals surface area contributed by atoms with Crippen LogP contribution in [-0.4, -0.2) is 46.5 Å². The molecular formula is C23H27N3O6. The summed E-state index contributed by atoms with van der Waals surface area (Å²) >= 11 is 0. The van der Waals surface area contributed by atoms with Crippen LogP contribution in [0.3, 0.4) is 0 Å². The lowest BCUT2D eigenvalue weighted by Gasteiger charge is -2.27. The number of fused-ring (bicyclic) bond motifs is 1. The third-order valence-corrected chi connectivity index (χ3v) is 5.83. The molecule has 0 aliphatic carbocycles. The minimum absolute atomic E-state index is 0.0162. The van der Waals surface area contributed by atoms with E-state index in [1.807, 2.05) is 38.1 Å². The summed E-state index contributed by atoms with van der Waals surface area (Å²) in [6.07, 6.45) is 1.11. The summed E-state index contributed by atoms with van der Waals surface area (Å²) < 4.78 is 5.19. The Morgan fingerprint density at radius 2 is 2.03 bits per heavy atom. The van der Waals surface area contributed by atoms with Crippen LogP contribution in [0.1, 0.15) is 37.0 Å². The molecule has 0 saturated heterocycles.